The number of urea groups is 1. The number of carbonyl (C=O) groups excluding carboxylic acids is 1. The maximum Gasteiger partial charge on any atom is 0.315 e. The molecule has 132 valence electrons. The standard InChI is InChI=1S/C19H26F2N2O/c20-16-9-8-14(17(21)13-16)5-3-6-15-7-4-11-19(15)10-1-2-12-23(19)18(22)24/h8-9,13,15H,1-7,10-12H2,(H2,22,24). The van der Waals surface area contributed by atoms with Crippen LogP contribution in [0.5, 0.6) is 0 Å². The molecule has 3 nitrogen and oxygen atoms in total. The van der Waals surface area contributed by atoms with E-state index >= 15 is 0 Å². The molecule has 5 heteroatoms. The van der Waals surface area contributed by atoms with Gasteiger partial charge in [-0.25, -0.2) is 13.6 Å². The van der Waals surface area contributed by atoms with Gasteiger partial charge in [0.2, 0.25) is 0 Å². The van der Waals surface area contributed by atoms with Gasteiger partial charge in [-0.15, -0.1) is 0 Å². The summed E-state index contributed by atoms with van der Waals surface area (Å²) in [5.74, 6) is -0.563. The summed E-state index contributed by atoms with van der Waals surface area (Å²) in [4.78, 5) is 13.8. The number of likely N-dealkylation sites (tertiary alicyclic amines) is 1. The normalized spacial score (nSPS) is 26.9. The van der Waals surface area contributed by atoms with Gasteiger partial charge < -0.3 is 10.6 Å². The lowest BCUT2D eigenvalue weighted by molar-refractivity contribution is 0.0454. The molecule has 1 aliphatic heterocycles. The van der Waals surface area contributed by atoms with Gasteiger partial charge in [0.15, 0.2) is 0 Å². The maximum atomic E-state index is 13.8. The van der Waals surface area contributed by atoms with Crippen LogP contribution >= 0.6 is 0 Å². The summed E-state index contributed by atoms with van der Waals surface area (Å²) in [5.41, 5.74) is 6.13. The Balaban J connectivity index is 1.64. The first-order valence-corrected chi connectivity index (χ1v) is 9.04. The molecular weight excluding hydrogens is 310 g/mol. The van der Waals surface area contributed by atoms with E-state index in [0.29, 0.717) is 17.9 Å². The van der Waals surface area contributed by atoms with Gasteiger partial charge in [-0.3, -0.25) is 0 Å². The number of rotatable bonds is 4. The molecule has 2 N–H and O–H groups in total. The molecule has 1 spiro atoms. The van der Waals surface area contributed by atoms with Gasteiger partial charge in [0.1, 0.15) is 11.6 Å². The number of piperidine rings is 1. The maximum absolute atomic E-state index is 13.8. The summed E-state index contributed by atoms with van der Waals surface area (Å²) in [6.07, 6.45) is 8.88. The van der Waals surface area contributed by atoms with Gasteiger partial charge >= 0.3 is 6.03 Å². The van der Waals surface area contributed by atoms with Gasteiger partial charge in [0, 0.05) is 18.2 Å². The number of aryl methyl sites for hydroxylation is 1. The van der Waals surface area contributed by atoms with Crippen LogP contribution in [0, 0.1) is 17.6 Å². The number of halogens is 2. The Morgan fingerprint density at radius 3 is 2.79 bits per heavy atom. The van der Waals surface area contributed by atoms with Crippen LogP contribution in [-0.2, 0) is 6.42 Å². The molecule has 0 aromatic heterocycles. The number of hydrogen-bond acceptors (Lipinski definition) is 1. The highest BCUT2D eigenvalue weighted by Gasteiger charge is 2.49. The van der Waals surface area contributed by atoms with Crippen molar-refractivity contribution in [2.24, 2.45) is 11.7 Å². The van der Waals surface area contributed by atoms with Crippen LogP contribution in [0.2, 0.25) is 0 Å². The average Bonchev–Trinajstić information content (AvgIpc) is 2.92. The molecule has 3 rings (SSSR count). The Hall–Kier alpha value is -1.65. The zero-order valence-electron chi connectivity index (χ0n) is 14.1. The van der Waals surface area contributed by atoms with Crippen molar-refractivity contribution in [3.8, 4) is 0 Å². The molecule has 1 saturated heterocycles. The molecule has 0 bridgehead atoms. The predicted octanol–water partition coefficient (Wildman–Crippen LogP) is 4.39. The summed E-state index contributed by atoms with van der Waals surface area (Å²) in [7, 11) is 0. The van der Waals surface area contributed by atoms with Gasteiger partial charge in [0.05, 0.1) is 0 Å². The van der Waals surface area contributed by atoms with Gasteiger partial charge in [-0.05, 0) is 68.9 Å². The van der Waals surface area contributed by atoms with E-state index in [1.165, 1.54) is 12.1 Å². The van der Waals surface area contributed by atoms with Crippen molar-refractivity contribution in [2.45, 2.75) is 63.3 Å². The number of primary amides is 1. The smallest absolute Gasteiger partial charge is 0.315 e. The Bertz CT molecular complexity index is 607. The average molecular weight is 336 g/mol. The lowest BCUT2D eigenvalue weighted by Gasteiger charge is -2.48. The van der Waals surface area contributed by atoms with E-state index in [0.717, 1.165) is 64.0 Å². The van der Waals surface area contributed by atoms with E-state index in [4.69, 9.17) is 5.73 Å². The highest BCUT2D eigenvalue weighted by molar-refractivity contribution is 5.73. The quantitative estimate of drug-likeness (QED) is 0.871. The molecular formula is C19H26F2N2O. The minimum absolute atomic E-state index is 0.0780. The first-order valence-electron chi connectivity index (χ1n) is 9.04. The number of nitrogens with two attached hydrogens (primary N) is 1. The van der Waals surface area contributed by atoms with Crippen molar-refractivity contribution in [3.05, 3.63) is 35.4 Å². The van der Waals surface area contributed by atoms with E-state index in [1.54, 1.807) is 0 Å². The fraction of sp³-hybridized carbons (Fsp3) is 0.632. The Labute approximate surface area is 142 Å². The molecule has 0 radical (unpaired) electrons. The van der Waals surface area contributed by atoms with Crippen molar-refractivity contribution < 1.29 is 13.6 Å². The number of hydrogen-bond donors (Lipinski definition) is 1. The highest BCUT2D eigenvalue weighted by Crippen LogP contribution is 2.48. The van der Waals surface area contributed by atoms with Crippen molar-refractivity contribution in [2.75, 3.05) is 6.54 Å². The zero-order chi connectivity index (χ0) is 17.2. The van der Waals surface area contributed by atoms with Crippen LogP contribution in [0.4, 0.5) is 13.6 Å². The van der Waals surface area contributed by atoms with Crippen LogP contribution in [0.15, 0.2) is 18.2 Å². The molecule has 1 saturated carbocycles. The summed E-state index contributed by atoms with van der Waals surface area (Å²) in [5, 5.41) is 0. The third kappa shape index (κ3) is 3.26. The number of benzene rings is 1. The summed E-state index contributed by atoms with van der Waals surface area (Å²) in [6, 6.07) is 3.49. The van der Waals surface area contributed by atoms with Crippen LogP contribution < -0.4 is 5.73 Å². The number of nitrogens with zero attached hydrogens (tertiary/aromatic N) is 1. The third-order valence-corrected chi connectivity index (χ3v) is 5.98. The first kappa shape index (κ1) is 17.2. The number of amides is 2. The van der Waals surface area contributed by atoms with E-state index in [-0.39, 0.29) is 11.6 Å². The monoisotopic (exact) mass is 336 g/mol. The second-order valence-corrected chi connectivity index (χ2v) is 7.27. The van der Waals surface area contributed by atoms with Gasteiger partial charge in [0.25, 0.3) is 0 Å². The molecule has 2 unspecified atom stereocenters. The summed E-state index contributed by atoms with van der Waals surface area (Å²) >= 11 is 0. The van der Waals surface area contributed by atoms with Crippen molar-refractivity contribution in [1.29, 1.82) is 0 Å². The largest absolute Gasteiger partial charge is 0.351 e. The number of carbonyl (C=O) groups is 1. The molecule has 24 heavy (non-hydrogen) atoms. The molecule has 2 aliphatic rings. The fourth-order valence-electron chi connectivity index (χ4n) is 4.88. The van der Waals surface area contributed by atoms with Crippen molar-refractivity contribution >= 4 is 6.03 Å². The van der Waals surface area contributed by atoms with E-state index < -0.39 is 11.6 Å². The highest BCUT2D eigenvalue weighted by atomic mass is 19.1. The molecule has 2 amide bonds. The lowest BCUT2D eigenvalue weighted by atomic mass is 9.76. The molecule has 1 aliphatic carbocycles. The summed E-state index contributed by atoms with van der Waals surface area (Å²) in [6.45, 7) is 0.762. The minimum atomic E-state index is -0.537. The van der Waals surface area contributed by atoms with Crippen molar-refractivity contribution in [1.82, 2.24) is 4.90 Å². The SMILES string of the molecule is NC(=O)N1CCCCC12CCCC2CCCc1ccc(F)cc1F. The van der Waals surface area contributed by atoms with Gasteiger partial charge in [-0.2, -0.15) is 0 Å². The van der Waals surface area contributed by atoms with Gasteiger partial charge in [-0.1, -0.05) is 12.5 Å². The second kappa shape index (κ2) is 7.08. The molecule has 1 aromatic rings. The fourth-order valence-corrected chi connectivity index (χ4v) is 4.88. The van der Waals surface area contributed by atoms with E-state index in [9.17, 15) is 13.6 Å². The Morgan fingerprint density at radius 1 is 1.25 bits per heavy atom. The van der Waals surface area contributed by atoms with Crippen LogP contribution in [0.25, 0.3) is 0 Å². The van der Waals surface area contributed by atoms with Crippen LogP contribution in [-0.4, -0.2) is 23.0 Å². The van der Waals surface area contributed by atoms with Crippen molar-refractivity contribution in [3.63, 3.8) is 0 Å². The molecule has 1 heterocycles. The first-order chi connectivity index (χ1) is 11.5. The van der Waals surface area contributed by atoms with E-state index in [1.807, 2.05) is 4.90 Å². The Kier molecular flexibility index (Phi) is 5.07. The van der Waals surface area contributed by atoms with E-state index in [2.05, 4.69) is 0 Å². The Morgan fingerprint density at radius 2 is 2.04 bits per heavy atom. The predicted molar refractivity (Wildman–Crippen MR) is 89.5 cm³/mol. The molecule has 2 atom stereocenters. The minimum Gasteiger partial charge on any atom is -0.351 e. The van der Waals surface area contributed by atoms with Crippen LogP contribution in [0.1, 0.15) is 56.9 Å². The molecule has 2 fully saturated rings. The summed E-state index contributed by atoms with van der Waals surface area (Å²) < 4.78 is 26.7. The lowest BCUT2D eigenvalue weighted by Crippen LogP contribution is -2.58. The zero-order valence-corrected chi connectivity index (χ0v) is 14.1. The topological polar surface area (TPSA) is 46.3 Å². The van der Waals surface area contributed by atoms with Crippen LogP contribution in [0.3, 0.4) is 0 Å². The molecule has 1 aromatic carbocycles. The second-order valence-electron chi connectivity index (χ2n) is 7.27. The third-order valence-electron chi connectivity index (χ3n) is 5.98.